The highest BCUT2D eigenvalue weighted by Crippen LogP contribution is 2.44. The van der Waals surface area contributed by atoms with Crippen LogP contribution in [0.5, 0.6) is 5.75 Å². The Morgan fingerprint density at radius 2 is 2.19 bits per heavy atom. The van der Waals surface area contributed by atoms with Gasteiger partial charge in [0.1, 0.15) is 5.75 Å². The molecule has 1 aliphatic heterocycles. The molecule has 86 valence electrons. The summed E-state index contributed by atoms with van der Waals surface area (Å²) in [7, 11) is 2.24. The van der Waals surface area contributed by atoms with Crippen LogP contribution in [0.1, 0.15) is 30.4 Å². The zero-order valence-corrected chi connectivity index (χ0v) is 9.98. The van der Waals surface area contributed by atoms with E-state index in [-0.39, 0.29) is 0 Å². The van der Waals surface area contributed by atoms with Gasteiger partial charge in [0.15, 0.2) is 0 Å². The lowest BCUT2D eigenvalue weighted by Gasteiger charge is -2.47. The second kappa shape index (κ2) is 3.49. The molecular weight excluding hydrogens is 198 g/mol. The number of rotatable bonds is 0. The average molecular weight is 217 g/mol. The Kier molecular flexibility index (Phi) is 2.21. The zero-order valence-electron chi connectivity index (χ0n) is 9.98. The summed E-state index contributed by atoms with van der Waals surface area (Å²) in [5, 5.41) is 9.61. The smallest absolute Gasteiger partial charge is 0.115 e. The maximum absolute atomic E-state index is 9.61. The standard InChI is InChI=1S/C14H19NO/c1-9-12-5-6-15(2)14(9)7-10-3-4-11(16)8-13(10)12/h3-4,8-9,12,14,16H,5-7H2,1-2H3/t9-,12?,14?/m0/s1. The Balaban J connectivity index is 2.07. The number of benzene rings is 1. The summed E-state index contributed by atoms with van der Waals surface area (Å²) in [4.78, 5) is 2.50. The molecule has 3 atom stereocenters. The molecule has 1 aromatic rings. The summed E-state index contributed by atoms with van der Waals surface area (Å²) in [6.07, 6.45) is 2.37. The van der Waals surface area contributed by atoms with Gasteiger partial charge in [-0.2, -0.15) is 0 Å². The first-order chi connectivity index (χ1) is 7.66. The number of hydrogen-bond donors (Lipinski definition) is 1. The highest BCUT2D eigenvalue weighted by molar-refractivity contribution is 5.41. The first kappa shape index (κ1) is 10.2. The molecule has 2 bridgehead atoms. The van der Waals surface area contributed by atoms with Crippen molar-refractivity contribution in [3.8, 4) is 5.75 Å². The molecule has 1 aromatic carbocycles. The highest BCUT2D eigenvalue weighted by atomic mass is 16.3. The SMILES string of the molecule is C[C@H]1C2CCN(C)C1Cc1ccc(O)cc12. The van der Waals surface area contributed by atoms with E-state index in [0.717, 1.165) is 6.42 Å². The van der Waals surface area contributed by atoms with Gasteiger partial charge in [-0.15, -0.1) is 0 Å². The van der Waals surface area contributed by atoms with Crippen LogP contribution in [-0.2, 0) is 6.42 Å². The Morgan fingerprint density at radius 1 is 1.38 bits per heavy atom. The lowest BCUT2D eigenvalue weighted by atomic mass is 9.69. The molecule has 2 nitrogen and oxygen atoms in total. The molecule has 2 heteroatoms. The molecule has 16 heavy (non-hydrogen) atoms. The summed E-state index contributed by atoms with van der Waals surface area (Å²) in [6, 6.07) is 6.61. The summed E-state index contributed by atoms with van der Waals surface area (Å²) in [6.45, 7) is 3.55. The molecule has 1 aliphatic carbocycles. The first-order valence-corrected chi connectivity index (χ1v) is 6.19. The van der Waals surface area contributed by atoms with Gasteiger partial charge in [-0.3, -0.25) is 0 Å². The Morgan fingerprint density at radius 3 is 3.00 bits per heavy atom. The quantitative estimate of drug-likeness (QED) is 0.721. The molecule has 1 fully saturated rings. The van der Waals surface area contributed by atoms with E-state index in [4.69, 9.17) is 0 Å². The van der Waals surface area contributed by atoms with Crippen LogP contribution in [0, 0.1) is 5.92 Å². The van der Waals surface area contributed by atoms with Crippen molar-refractivity contribution in [3.63, 3.8) is 0 Å². The maximum Gasteiger partial charge on any atom is 0.115 e. The molecule has 2 unspecified atom stereocenters. The molecule has 2 aliphatic rings. The number of nitrogens with zero attached hydrogens (tertiary/aromatic N) is 1. The van der Waals surface area contributed by atoms with Crippen LogP contribution >= 0.6 is 0 Å². The molecule has 1 N–H and O–H groups in total. The third-order valence-corrected chi connectivity index (χ3v) is 4.56. The third kappa shape index (κ3) is 1.36. The normalized spacial score (nSPS) is 33.5. The van der Waals surface area contributed by atoms with Crippen molar-refractivity contribution in [3.05, 3.63) is 29.3 Å². The van der Waals surface area contributed by atoms with Gasteiger partial charge in [0.2, 0.25) is 0 Å². The van der Waals surface area contributed by atoms with Gasteiger partial charge in [-0.05, 0) is 61.5 Å². The number of fused-ring (bicyclic) bond motifs is 4. The van der Waals surface area contributed by atoms with Crippen LogP contribution in [0.25, 0.3) is 0 Å². The van der Waals surface area contributed by atoms with E-state index in [0.29, 0.717) is 23.6 Å². The largest absolute Gasteiger partial charge is 0.508 e. The van der Waals surface area contributed by atoms with Gasteiger partial charge in [0.05, 0.1) is 0 Å². The van der Waals surface area contributed by atoms with Gasteiger partial charge in [-0.1, -0.05) is 13.0 Å². The number of phenols is 1. The minimum Gasteiger partial charge on any atom is -0.508 e. The molecular formula is C14H19NO. The van der Waals surface area contributed by atoms with Crippen molar-refractivity contribution in [2.45, 2.75) is 31.7 Å². The van der Waals surface area contributed by atoms with Crippen LogP contribution in [0.4, 0.5) is 0 Å². The maximum atomic E-state index is 9.61. The Hall–Kier alpha value is -1.02. The second-order valence-electron chi connectivity index (χ2n) is 5.39. The van der Waals surface area contributed by atoms with Crippen LogP contribution in [-0.4, -0.2) is 29.6 Å². The Labute approximate surface area is 96.9 Å². The van der Waals surface area contributed by atoms with Crippen molar-refractivity contribution in [2.24, 2.45) is 5.92 Å². The number of piperidine rings is 1. The van der Waals surface area contributed by atoms with Gasteiger partial charge in [-0.25, -0.2) is 0 Å². The number of aromatic hydroxyl groups is 1. The van der Waals surface area contributed by atoms with E-state index in [1.54, 1.807) is 0 Å². The fourth-order valence-electron chi connectivity index (χ4n) is 3.56. The summed E-state index contributed by atoms with van der Waals surface area (Å²) < 4.78 is 0. The van der Waals surface area contributed by atoms with Gasteiger partial charge < -0.3 is 10.0 Å². The molecule has 0 spiro atoms. The van der Waals surface area contributed by atoms with E-state index in [1.165, 1.54) is 24.1 Å². The van der Waals surface area contributed by atoms with Crippen molar-refractivity contribution < 1.29 is 5.11 Å². The lowest BCUT2D eigenvalue weighted by Crippen LogP contribution is -2.49. The molecule has 0 amide bonds. The topological polar surface area (TPSA) is 23.5 Å². The van der Waals surface area contributed by atoms with Gasteiger partial charge in [0.25, 0.3) is 0 Å². The fraction of sp³-hybridized carbons (Fsp3) is 0.571. The zero-order chi connectivity index (χ0) is 11.3. The monoisotopic (exact) mass is 217 g/mol. The van der Waals surface area contributed by atoms with E-state index < -0.39 is 0 Å². The van der Waals surface area contributed by atoms with E-state index >= 15 is 0 Å². The molecule has 0 radical (unpaired) electrons. The molecule has 0 saturated carbocycles. The second-order valence-corrected chi connectivity index (χ2v) is 5.39. The van der Waals surface area contributed by atoms with Crippen molar-refractivity contribution in [2.75, 3.05) is 13.6 Å². The minimum absolute atomic E-state index is 0.420. The first-order valence-electron chi connectivity index (χ1n) is 6.19. The predicted molar refractivity (Wildman–Crippen MR) is 64.8 cm³/mol. The molecule has 3 rings (SSSR count). The summed E-state index contributed by atoms with van der Waals surface area (Å²) in [5.41, 5.74) is 2.84. The van der Waals surface area contributed by atoms with E-state index in [9.17, 15) is 5.11 Å². The summed E-state index contributed by atoms with van der Waals surface area (Å²) >= 11 is 0. The molecule has 0 aromatic heterocycles. The van der Waals surface area contributed by atoms with Gasteiger partial charge >= 0.3 is 0 Å². The lowest BCUT2D eigenvalue weighted by molar-refractivity contribution is 0.0991. The highest BCUT2D eigenvalue weighted by Gasteiger charge is 2.39. The molecule has 1 heterocycles. The van der Waals surface area contributed by atoms with E-state index in [2.05, 4.69) is 24.9 Å². The number of hydrogen-bond acceptors (Lipinski definition) is 2. The fourth-order valence-corrected chi connectivity index (χ4v) is 3.56. The van der Waals surface area contributed by atoms with Gasteiger partial charge in [0, 0.05) is 6.04 Å². The van der Waals surface area contributed by atoms with Crippen LogP contribution in [0.3, 0.4) is 0 Å². The van der Waals surface area contributed by atoms with Crippen molar-refractivity contribution in [1.29, 1.82) is 0 Å². The number of likely N-dealkylation sites (N-methyl/N-ethyl adjacent to an activating group) is 1. The van der Waals surface area contributed by atoms with Crippen LogP contribution in [0.15, 0.2) is 18.2 Å². The average Bonchev–Trinajstić information content (AvgIpc) is 2.25. The van der Waals surface area contributed by atoms with Crippen molar-refractivity contribution >= 4 is 0 Å². The predicted octanol–water partition coefficient (Wildman–Crippen LogP) is 2.37. The Bertz CT molecular complexity index is 415. The summed E-state index contributed by atoms with van der Waals surface area (Å²) in [5.74, 6) is 1.79. The van der Waals surface area contributed by atoms with E-state index in [1.807, 2.05) is 12.1 Å². The van der Waals surface area contributed by atoms with Crippen molar-refractivity contribution in [1.82, 2.24) is 4.90 Å². The number of phenolic OH excluding ortho intramolecular Hbond substituents is 1. The van der Waals surface area contributed by atoms with Crippen LogP contribution in [0.2, 0.25) is 0 Å². The molecule has 1 saturated heterocycles. The third-order valence-electron chi connectivity index (χ3n) is 4.56. The van der Waals surface area contributed by atoms with Crippen LogP contribution < -0.4 is 0 Å². The number of likely N-dealkylation sites (tertiary alicyclic amines) is 1. The minimum atomic E-state index is 0.420.